The van der Waals surface area contributed by atoms with Crippen molar-refractivity contribution in [3.8, 4) is 11.5 Å². The highest BCUT2D eigenvalue weighted by Gasteiger charge is 2.07. The van der Waals surface area contributed by atoms with Crippen LogP contribution in [0.3, 0.4) is 0 Å². The summed E-state index contributed by atoms with van der Waals surface area (Å²) in [7, 11) is 0. The number of urea groups is 1. The van der Waals surface area contributed by atoms with Gasteiger partial charge in [-0.25, -0.2) is 10.2 Å². The Labute approximate surface area is 145 Å². The molecular formula is C17H18ClN3O3. The molecule has 0 atom stereocenters. The summed E-state index contributed by atoms with van der Waals surface area (Å²) in [6.45, 7) is 2.75. The number of primary amides is 1. The summed E-state index contributed by atoms with van der Waals surface area (Å²) in [5.41, 5.74) is 8.78. The van der Waals surface area contributed by atoms with Gasteiger partial charge in [-0.3, -0.25) is 0 Å². The fourth-order valence-corrected chi connectivity index (χ4v) is 2.16. The second-order valence-electron chi connectivity index (χ2n) is 4.79. The summed E-state index contributed by atoms with van der Waals surface area (Å²) in [6.07, 6.45) is 1.47. The molecular weight excluding hydrogens is 330 g/mol. The first kappa shape index (κ1) is 17.6. The van der Waals surface area contributed by atoms with Gasteiger partial charge in [-0.2, -0.15) is 5.10 Å². The van der Waals surface area contributed by atoms with Gasteiger partial charge < -0.3 is 15.2 Å². The first-order valence-electron chi connectivity index (χ1n) is 7.31. The molecule has 0 fully saturated rings. The molecule has 0 heterocycles. The number of carbonyl (C=O) groups is 1. The minimum atomic E-state index is -0.724. The van der Waals surface area contributed by atoms with Crippen LogP contribution in [0.1, 0.15) is 18.1 Å². The van der Waals surface area contributed by atoms with Crippen LogP contribution >= 0.6 is 11.6 Å². The van der Waals surface area contributed by atoms with Gasteiger partial charge in [0.15, 0.2) is 11.5 Å². The minimum Gasteiger partial charge on any atom is -0.490 e. The number of halogens is 1. The van der Waals surface area contributed by atoms with E-state index < -0.39 is 6.03 Å². The Morgan fingerprint density at radius 1 is 1.25 bits per heavy atom. The molecule has 2 rings (SSSR count). The van der Waals surface area contributed by atoms with E-state index in [1.54, 1.807) is 18.2 Å². The number of hydrogen-bond acceptors (Lipinski definition) is 4. The van der Waals surface area contributed by atoms with Gasteiger partial charge in [0.2, 0.25) is 0 Å². The number of hydrogen-bond donors (Lipinski definition) is 2. The summed E-state index contributed by atoms with van der Waals surface area (Å²) in [6, 6.07) is 12.1. The first-order valence-corrected chi connectivity index (χ1v) is 7.69. The second kappa shape index (κ2) is 8.79. The van der Waals surface area contributed by atoms with Crippen molar-refractivity contribution in [2.75, 3.05) is 6.61 Å². The van der Waals surface area contributed by atoms with E-state index in [4.69, 9.17) is 26.8 Å². The Kier molecular flexibility index (Phi) is 6.45. The molecule has 3 N–H and O–H groups in total. The lowest BCUT2D eigenvalue weighted by Gasteiger charge is -2.12. The zero-order valence-corrected chi connectivity index (χ0v) is 13.9. The fraction of sp³-hybridized carbons (Fsp3) is 0.176. The number of hydrazone groups is 1. The SMILES string of the molecule is CCOc1cc(/C=N\NC(N)=O)ccc1OCc1cccc(Cl)c1. The van der Waals surface area contributed by atoms with Gasteiger partial charge in [0.05, 0.1) is 12.8 Å². The molecule has 2 aromatic rings. The Morgan fingerprint density at radius 3 is 2.79 bits per heavy atom. The van der Waals surface area contributed by atoms with E-state index >= 15 is 0 Å². The van der Waals surface area contributed by atoms with Crippen molar-refractivity contribution in [2.24, 2.45) is 10.8 Å². The second-order valence-corrected chi connectivity index (χ2v) is 5.23. The average molecular weight is 348 g/mol. The minimum absolute atomic E-state index is 0.372. The van der Waals surface area contributed by atoms with Gasteiger partial charge in [-0.15, -0.1) is 0 Å². The van der Waals surface area contributed by atoms with Gasteiger partial charge in [-0.1, -0.05) is 23.7 Å². The van der Waals surface area contributed by atoms with Gasteiger partial charge in [0, 0.05) is 5.02 Å². The van der Waals surface area contributed by atoms with Crippen LogP contribution in [0.4, 0.5) is 4.79 Å². The Morgan fingerprint density at radius 2 is 2.08 bits per heavy atom. The van der Waals surface area contributed by atoms with Crippen LogP contribution in [0.15, 0.2) is 47.6 Å². The molecule has 0 unspecified atom stereocenters. The van der Waals surface area contributed by atoms with Crippen LogP contribution < -0.4 is 20.6 Å². The van der Waals surface area contributed by atoms with Crippen LogP contribution in [-0.4, -0.2) is 18.9 Å². The summed E-state index contributed by atoms with van der Waals surface area (Å²) >= 11 is 5.97. The molecule has 0 bridgehead atoms. The van der Waals surface area contributed by atoms with Crippen molar-refractivity contribution in [3.05, 3.63) is 58.6 Å². The Bertz CT molecular complexity index is 735. The molecule has 126 valence electrons. The molecule has 24 heavy (non-hydrogen) atoms. The molecule has 0 aliphatic heterocycles. The van der Waals surface area contributed by atoms with Crippen LogP contribution in [0.5, 0.6) is 11.5 Å². The van der Waals surface area contributed by atoms with Crippen LogP contribution in [0.2, 0.25) is 5.02 Å². The number of ether oxygens (including phenoxy) is 2. The van der Waals surface area contributed by atoms with Crippen molar-refractivity contribution in [1.82, 2.24) is 5.43 Å². The van der Waals surface area contributed by atoms with Gasteiger partial charge in [-0.05, 0) is 48.4 Å². The third-order valence-electron chi connectivity index (χ3n) is 2.94. The summed E-state index contributed by atoms with van der Waals surface area (Å²) < 4.78 is 11.4. The highest BCUT2D eigenvalue weighted by atomic mass is 35.5. The van der Waals surface area contributed by atoms with Gasteiger partial charge in [0.25, 0.3) is 0 Å². The van der Waals surface area contributed by atoms with E-state index in [0.717, 1.165) is 11.1 Å². The van der Waals surface area contributed by atoms with E-state index in [0.29, 0.717) is 29.7 Å². The van der Waals surface area contributed by atoms with Crippen molar-refractivity contribution >= 4 is 23.8 Å². The normalized spacial score (nSPS) is 10.6. The van der Waals surface area contributed by atoms with Crippen molar-refractivity contribution in [1.29, 1.82) is 0 Å². The van der Waals surface area contributed by atoms with Gasteiger partial charge >= 0.3 is 6.03 Å². The van der Waals surface area contributed by atoms with Crippen molar-refractivity contribution in [2.45, 2.75) is 13.5 Å². The molecule has 0 saturated heterocycles. The molecule has 6 nitrogen and oxygen atoms in total. The molecule has 2 amide bonds. The molecule has 7 heteroatoms. The summed E-state index contributed by atoms with van der Waals surface area (Å²) in [4.78, 5) is 10.6. The summed E-state index contributed by atoms with van der Waals surface area (Å²) in [5, 5.41) is 4.38. The van der Waals surface area contributed by atoms with Crippen LogP contribution in [-0.2, 0) is 6.61 Å². The highest BCUT2D eigenvalue weighted by Crippen LogP contribution is 2.29. The van der Waals surface area contributed by atoms with Crippen molar-refractivity contribution in [3.63, 3.8) is 0 Å². The number of benzene rings is 2. The van der Waals surface area contributed by atoms with E-state index in [1.165, 1.54) is 6.21 Å². The highest BCUT2D eigenvalue weighted by molar-refractivity contribution is 6.30. The third kappa shape index (κ3) is 5.48. The zero-order valence-electron chi connectivity index (χ0n) is 13.2. The average Bonchev–Trinajstić information content (AvgIpc) is 2.54. The maximum Gasteiger partial charge on any atom is 0.332 e. The number of nitrogens with one attached hydrogen (secondary N) is 1. The van der Waals surface area contributed by atoms with E-state index in [-0.39, 0.29) is 0 Å². The molecule has 0 aliphatic carbocycles. The first-order chi connectivity index (χ1) is 11.6. The predicted octanol–water partition coefficient (Wildman–Crippen LogP) is 3.32. The largest absolute Gasteiger partial charge is 0.490 e. The topological polar surface area (TPSA) is 85.9 Å². The number of amides is 2. The number of nitrogens with zero attached hydrogens (tertiary/aromatic N) is 1. The molecule has 0 aliphatic rings. The number of rotatable bonds is 7. The van der Waals surface area contributed by atoms with E-state index in [9.17, 15) is 4.79 Å². The molecule has 0 saturated carbocycles. The quantitative estimate of drug-likeness (QED) is 0.595. The van der Waals surface area contributed by atoms with E-state index in [2.05, 4.69) is 10.5 Å². The molecule has 0 aromatic heterocycles. The number of carbonyl (C=O) groups excluding carboxylic acids is 1. The monoisotopic (exact) mass is 347 g/mol. The zero-order chi connectivity index (χ0) is 17.4. The van der Waals surface area contributed by atoms with E-state index in [1.807, 2.05) is 31.2 Å². The van der Waals surface area contributed by atoms with Crippen LogP contribution in [0.25, 0.3) is 0 Å². The lowest BCUT2D eigenvalue weighted by molar-refractivity contribution is 0.249. The number of nitrogens with two attached hydrogens (primary N) is 1. The maximum atomic E-state index is 10.6. The maximum absolute atomic E-state index is 10.6. The predicted molar refractivity (Wildman–Crippen MR) is 93.7 cm³/mol. The third-order valence-corrected chi connectivity index (χ3v) is 3.17. The van der Waals surface area contributed by atoms with Gasteiger partial charge in [0.1, 0.15) is 6.61 Å². The standard InChI is InChI=1S/C17H18ClN3O3/c1-2-23-16-9-12(10-20-21-17(19)22)6-7-15(16)24-11-13-4-3-5-14(18)8-13/h3-10H,2,11H2,1H3,(H3,19,21,22)/b20-10-. The van der Waals surface area contributed by atoms with Crippen LogP contribution in [0, 0.1) is 0 Å². The summed E-state index contributed by atoms with van der Waals surface area (Å²) in [5.74, 6) is 1.19. The van der Waals surface area contributed by atoms with Crippen molar-refractivity contribution < 1.29 is 14.3 Å². The lowest BCUT2D eigenvalue weighted by atomic mass is 10.2. The molecule has 2 aromatic carbocycles. The molecule has 0 spiro atoms. The molecule has 0 radical (unpaired) electrons. The Hall–Kier alpha value is -2.73. The lowest BCUT2D eigenvalue weighted by Crippen LogP contribution is -2.24. The smallest absolute Gasteiger partial charge is 0.332 e. The Balaban J connectivity index is 2.10. The fourth-order valence-electron chi connectivity index (χ4n) is 1.95.